The highest BCUT2D eigenvalue weighted by Gasteiger charge is 2.80. The number of hydrogen-bond acceptors (Lipinski definition) is 2. The maximum absolute atomic E-state index is 13.1. The van der Waals surface area contributed by atoms with Crippen LogP contribution in [-0.2, 0) is 4.79 Å². The van der Waals surface area contributed by atoms with Crippen LogP contribution in [0.25, 0.3) is 0 Å². The minimum Gasteiger partial charge on any atom is -0.347 e. The van der Waals surface area contributed by atoms with Crippen LogP contribution in [0.2, 0.25) is 10.0 Å². The van der Waals surface area contributed by atoms with Gasteiger partial charge in [0.15, 0.2) is 0 Å². The molecule has 0 unspecified atom stereocenters. The van der Waals surface area contributed by atoms with Crippen molar-refractivity contribution < 1.29 is 14.0 Å². The van der Waals surface area contributed by atoms with Crippen LogP contribution >= 0.6 is 23.2 Å². The lowest BCUT2D eigenvalue weighted by atomic mass is 9.34. The summed E-state index contributed by atoms with van der Waals surface area (Å²) in [5.41, 5.74) is 0.458. The molecule has 6 rings (SSSR count). The average molecular weight is 433 g/mol. The first kappa shape index (κ1) is 18.9. The molecule has 0 saturated heterocycles. The lowest BCUT2D eigenvalue weighted by Crippen LogP contribution is -2.78. The van der Waals surface area contributed by atoms with Crippen molar-refractivity contribution in [3.8, 4) is 0 Å². The van der Waals surface area contributed by atoms with E-state index >= 15 is 0 Å². The Hall–Kier alpha value is -2.11. The van der Waals surface area contributed by atoms with Crippen LogP contribution in [-0.4, -0.2) is 17.4 Å². The van der Waals surface area contributed by atoms with E-state index in [0.717, 1.165) is 32.1 Å². The van der Waals surface area contributed by atoms with Gasteiger partial charge in [-0.15, -0.1) is 0 Å². The smallest absolute Gasteiger partial charge is 0.251 e. The Kier molecular flexibility index (Phi) is 4.03. The fourth-order valence-electron chi connectivity index (χ4n) is 5.29. The third-order valence-electron chi connectivity index (χ3n) is 6.89. The van der Waals surface area contributed by atoms with E-state index < -0.39 is 0 Å². The second-order valence-corrected chi connectivity index (χ2v) is 9.53. The molecular formula is C22H19Cl2FN2O2. The van der Waals surface area contributed by atoms with E-state index in [4.69, 9.17) is 23.2 Å². The number of halogens is 3. The minimum atomic E-state index is -0.364. The SMILES string of the molecule is O=C(NC12CC(C3(C(=O)Nc4ccc(F)cc4)CC3)(C1)C2)c1ccc(Cl)c(Cl)c1. The second-order valence-electron chi connectivity index (χ2n) is 8.72. The topological polar surface area (TPSA) is 58.2 Å². The summed E-state index contributed by atoms with van der Waals surface area (Å²) in [6.07, 6.45) is 4.14. The summed E-state index contributed by atoms with van der Waals surface area (Å²) in [6.45, 7) is 0. The van der Waals surface area contributed by atoms with E-state index in [-0.39, 0.29) is 34.0 Å². The maximum Gasteiger partial charge on any atom is 0.251 e. The van der Waals surface area contributed by atoms with E-state index in [1.54, 1.807) is 30.3 Å². The number of nitrogens with one attached hydrogen (secondary N) is 2. The Labute approximate surface area is 177 Å². The monoisotopic (exact) mass is 432 g/mol. The van der Waals surface area contributed by atoms with Crippen molar-refractivity contribution in [2.75, 3.05) is 5.32 Å². The van der Waals surface area contributed by atoms with Gasteiger partial charge >= 0.3 is 0 Å². The van der Waals surface area contributed by atoms with Crippen molar-refractivity contribution >= 4 is 40.7 Å². The van der Waals surface area contributed by atoms with Crippen LogP contribution in [0, 0.1) is 16.6 Å². The molecule has 7 heteroatoms. The van der Waals surface area contributed by atoms with E-state index in [1.807, 2.05) is 0 Å². The van der Waals surface area contributed by atoms with Gasteiger partial charge in [0, 0.05) is 16.8 Å². The van der Waals surface area contributed by atoms with E-state index in [0.29, 0.717) is 21.3 Å². The molecule has 4 nitrogen and oxygen atoms in total. The van der Waals surface area contributed by atoms with Crippen LogP contribution in [0.1, 0.15) is 42.5 Å². The lowest BCUT2D eigenvalue weighted by Gasteiger charge is -2.73. The van der Waals surface area contributed by atoms with Crippen molar-refractivity contribution in [3.05, 3.63) is 63.9 Å². The number of carbonyl (C=O) groups is 2. The number of rotatable bonds is 5. The predicted molar refractivity (Wildman–Crippen MR) is 110 cm³/mol. The zero-order valence-corrected chi connectivity index (χ0v) is 17.0. The first-order chi connectivity index (χ1) is 13.8. The van der Waals surface area contributed by atoms with Crippen molar-refractivity contribution in [3.63, 3.8) is 0 Å². The summed E-state index contributed by atoms with van der Waals surface area (Å²) in [7, 11) is 0. The number of amides is 2. The Morgan fingerprint density at radius 2 is 1.59 bits per heavy atom. The zero-order chi connectivity index (χ0) is 20.4. The third kappa shape index (κ3) is 2.86. The molecule has 4 aliphatic rings. The maximum atomic E-state index is 13.1. The van der Waals surface area contributed by atoms with Gasteiger partial charge in [-0.1, -0.05) is 23.2 Å². The molecule has 4 aliphatic carbocycles. The van der Waals surface area contributed by atoms with Crippen LogP contribution in [0.15, 0.2) is 42.5 Å². The van der Waals surface area contributed by atoms with Crippen LogP contribution < -0.4 is 10.6 Å². The van der Waals surface area contributed by atoms with Crippen molar-refractivity contribution in [2.24, 2.45) is 10.8 Å². The van der Waals surface area contributed by atoms with Crippen LogP contribution in [0.3, 0.4) is 0 Å². The Bertz CT molecular complexity index is 1010. The first-order valence-electron chi connectivity index (χ1n) is 9.61. The molecule has 150 valence electrons. The normalized spacial score (nSPS) is 28.0. The summed E-state index contributed by atoms with van der Waals surface area (Å²) in [6, 6.07) is 10.7. The molecule has 0 atom stereocenters. The quantitative estimate of drug-likeness (QED) is 0.681. The largest absolute Gasteiger partial charge is 0.347 e. The summed E-state index contributed by atoms with van der Waals surface area (Å²) in [5.74, 6) is -0.492. The van der Waals surface area contributed by atoms with Gasteiger partial charge in [0.25, 0.3) is 5.91 Å². The lowest BCUT2D eigenvalue weighted by molar-refractivity contribution is -0.196. The molecule has 4 fully saturated rings. The second kappa shape index (κ2) is 6.19. The van der Waals surface area contributed by atoms with Crippen molar-refractivity contribution in [1.29, 1.82) is 0 Å². The number of anilines is 1. The van der Waals surface area contributed by atoms with E-state index in [2.05, 4.69) is 10.6 Å². The van der Waals surface area contributed by atoms with Crippen molar-refractivity contribution in [1.82, 2.24) is 5.32 Å². The Morgan fingerprint density at radius 3 is 2.17 bits per heavy atom. The highest BCUT2D eigenvalue weighted by atomic mass is 35.5. The Morgan fingerprint density at radius 1 is 0.931 bits per heavy atom. The molecule has 2 amide bonds. The van der Waals surface area contributed by atoms with Crippen LogP contribution in [0.5, 0.6) is 0 Å². The molecular weight excluding hydrogens is 414 g/mol. The van der Waals surface area contributed by atoms with Crippen LogP contribution in [0.4, 0.5) is 10.1 Å². The first-order valence-corrected chi connectivity index (χ1v) is 10.4. The van der Waals surface area contributed by atoms with Crippen molar-refractivity contribution in [2.45, 2.75) is 37.6 Å². The molecule has 2 aromatic carbocycles. The molecule has 2 bridgehead atoms. The van der Waals surface area contributed by atoms with Gasteiger partial charge < -0.3 is 10.6 Å². The number of hydrogen-bond donors (Lipinski definition) is 2. The third-order valence-corrected chi connectivity index (χ3v) is 7.63. The summed E-state index contributed by atoms with van der Waals surface area (Å²) in [5, 5.41) is 6.83. The van der Waals surface area contributed by atoms with Gasteiger partial charge in [-0.25, -0.2) is 4.39 Å². The highest BCUT2D eigenvalue weighted by Crippen LogP contribution is 2.80. The number of benzene rings is 2. The summed E-state index contributed by atoms with van der Waals surface area (Å²) in [4.78, 5) is 25.5. The summed E-state index contributed by atoms with van der Waals surface area (Å²) < 4.78 is 13.1. The Balaban J connectivity index is 1.23. The minimum absolute atomic E-state index is 0.00761. The van der Waals surface area contributed by atoms with Gasteiger partial charge in [-0.3, -0.25) is 9.59 Å². The molecule has 0 heterocycles. The van der Waals surface area contributed by atoms with Gasteiger partial charge in [0.1, 0.15) is 5.82 Å². The molecule has 29 heavy (non-hydrogen) atoms. The molecule has 0 aliphatic heterocycles. The average Bonchev–Trinajstić information content (AvgIpc) is 3.43. The molecule has 0 radical (unpaired) electrons. The molecule has 0 aromatic heterocycles. The standard InChI is InChI=1S/C22H19Cl2FN2O2/c23-16-6-1-13(9-17(16)24)18(28)27-21-10-20(11-21,12-21)22(7-8-22)19(29)26-15-4-2-14(25)3-5-15/h1-6,9H,7-8,10-12H2,(H,26,29)(H,27,28). The van der Waals surface area contributed by atoms with Gasteiger partial charge in [-0.05, 0) is 80.0 Å². The molecule has 0 spiro atoms. The highest BCUT2D eigenvalue weighted by molar-refractivity contribution is 6.42. The van der Waals surface area contributed by atoms with Gasteiger partial charge in [-0.2, -0.15) is 0 Å². The molecule has 4 saturated carbocycles. The summed E-state index contributed by atoms with van der Waals surface area (Å²) >= 11 is 11.9. The predicted octanol–water partition coefficient (Wildman–Crippen LogP) is 5.20. The van der Waals surface area contributed by atoms with E-state index in [1.165, 1.54) is 12.1 Å². The van der Waals surface area contributed by atoms with Gasteiger partial charge in [0.05, 0.1) is 15.5 Å². The molecule has 2 aromatic rings. The zero-order valence-electron chi connectivity index (χ0n) is 15.5. The van der Waals surface area contributed by atoms with E-state index in [9.17, 15) is 14.0 Å². The molecule has 2 N–H and O–H groups in total. The van der Waals surface area contributed by atoms with Gasteiger partial charge in [0.2, 0.25) is 5.91 Å². The number of carbonyl (C=O) groups excluding carboxylic acids is 2. The fourth-order valence-corrected chi connectivity index (χ4v) is 5.58. The fraction of sp³-hybridized carbons (Fsp3) is 0.364.